The fourth-order valence-corrected chi connectivity index (χ4v) is 3.63. The molecule has 0 heterocycles. The first kappa shape index (κ1) is 13.3. The molecule has 3 atom stereocenters. The molecule has 100 valence electrons. The van der Waals surface area contributed by atoms with E-state index in [2.05, 4.69) is 20.4 Å². The average molecular weight is 250 g/mol. The molecule has 0 radical (unpaired) electrons. The highest BCUT2D eigenvalue weighted by atomic mass is 16.4. The van der Waals surface area contributed by atoms with Gasteiger partial charge in [0.25, 0.3) is 0 Å². The standard InChI is InChI=1S/C15H22O3/c1-9-5-4-6-10(14(17)18)7-12(16)13-11(9)8-15(13,2)3/h6,11-13,16H,1,4-5,7-8H2,2-3H3,(H,17,18)/b10-6+/t11-,12+,13+/m1/s1. The number of hydrogen-bond acceptors (Lipinski definition) is 2. The third-order valence-electron chi connectivity index (χ3n) is 4.58. The molecule has 0 unspecified atom stereocenters. The lowest BCUT2D eigenvalue weighted by molar-refractivity contribution is -0.134. The molecular weight excluding hydrogens is 228 g/mol. The Bertz CT molecular complexity index is 406. The quantitative estimate of drug-likeness (QED) is 0.703. The van der Waals surface area contributed by atoms with Crippen LogP contribution in [0.5, 0.6) is 0 Å². The van der Waals surface area contributed by atoms with Gasteiger partial charge in [0, 0.05) is 12.0 Å². The van der Waals surface area contributed by atoms with Gasteiger partial charge in [0.1, 0.15) is 0 Å². The van der Waals surface area contributed by atoms with Gasteiger partial charge in [-0.1, -0.05) is 32.1 Å². The molecule has 0 amide bonds. The maximum atomic E-state index is 11.1. The molecule has 3 nitrogen and oxygen atoms in total. The number of aliphatic carboxylic acids is 1. The number of aliphatic hydroxyl groups is 1. The van der Waals surface area contributed by atoms with Crippen LogP contribution < -0.4 is 0 Å². The number of aliphatic hydroxyl groups excluding tert-OH is 1. The van der Waals surface area contributed by atoms with Crippen molar-refractivity contribution in [3.05, 3.63) is 23.8 Å². The third-order valence-corrected chi connectivity index (χ3v) is 4.58. The summed E-state index contributed by atoms with van der Waals surface area (Å²) in [5.74, 6) is -0.405. The summed E-state index contributed by atoms with van der Waals surface area (Å²) in [6.45, 7) is 8.41. The Hall–Kier alpha value is -1.09. The summed E-state index contributed by atoms with van der Waals surface area (Å²) in [4.78, 5) is 11.1. The maximum Gasteiger partial charge on any atom is 0.331 e. The second-order valence-electron chi connectivity index (χ2n) is 6.33. The predicted molar refractivity (Wildman–Crippen MR) is 70.1 cm³/mol. The van der Waals surface area contributed by atoms with E-state index in [-0.39, 0.29) is 17.8 Å². The van der Waals surface area contributed by atoms with E-state index in [0.29, 0.717) is 11.5 Å². The molecule has 0 aromatic rings. The Balaban J connectivity index is 2.25. The van der Waals surface area contributed by atoms with Crippen molar-refractivity contribution in [1.82, 2.24) is 0 Å². The lowest BCUT2D eigenvalue weighted by Crippen LogP contribution is -2.51. The van der Waals surface area contributed by atoms with Crippen molar-refractivity contribution in [3.8, 4) is 0 Å². The van der Waals surface area contributed by atoms with Gasteiger partial charge in [-0.05, 0) is 36.5 Å². The van der Waals surface area contributed by atoms with E-state index in [4.69, 9.17) is 5.11 Å². The van der Waals surface area contributed by atoms with E-state index in [1.54, 1.807) is 6.08 Å². The first-order chi connectivity index (χ1) is 8.33. The van der Waals surface area contributed by atoms with Crippen LogP contribution in [0.15, 0.2) is 23.8 Å². The van der Waals surface area contributed by atoms with Crippen LogP contribution in [-0.4, -0.2) is 22.3 Å². The fourth-order valence-electron chi connectivity index (χ4n) is 3.63. The highest BCUT2D eigenvalue weighted by Crippen LogP contribution is 2.56. The van der Waals surface area contributed by atoms with Gasteiger partial charge >= 0.3 is 5.97 Å². The summed E-state index contributed by atoms with van der Waals surface area (Å²) in [5.41, 5.74) is 1.60. The van der Waals surface area contributed by atoms with E-state index in [1.807, 2.05) is 0 Å². The lowest BCUT2D eigenvalue weighted by atomic mass is 9.51. The van der Waals surface area contributed by atoms with Gasteiger partial charge in [0.2, 0.25) is 0 Å². The Labute approximate surface area is 108 Å². The summed E-state index contributed by atoms with van der Waals surface area (Å²) in [6.07, 6.45) is 4.03. The van der Waals surface area contributed by atoms with E-state index >= 15 is 0 Å². The van der Waals surface area contributed by atoms with Crippen LogP contribution in [0.1, 0.15) is 39.5 Å². The topological polar surface area (TPSA) is 57.5 Å². The Morgan fingerprint density at radius 1 is 1.50 bits per heavy atom. The molecule has 0 bridgehead atoms. The number of carboxylic acids is 1. The lowest BCUT2D eigenvalue weighted by Gasteiger charge is -2.54. The largest absolute Gasteiger partial charge is 0.478 e. The first-order valence-electron chi connectivity index (χ1n) is 6.61. The minimum absolute atomic E-state index is 0.0843. The second-order valence-corrected chi connectivity index (χ2v) is 6.33. The summed E-state index contributed by atoms with van der Waals surface area (Å²) < 4.78 is 0. The molecule has 0 aromatic carbocycles. The Kier molecular flexibility index (Phi) is 3.37. The van der Waals surface area contributed by atoms with Gasteiger partial charge in [-0.15, -0.1) is 0 Å². The summed E-state index contributed by atoms with van der Waals surface area (Å²) in [5, 5.41) is 19.5. The van der Waals surface area contributed by atoms with Gasteiger partial charge in [-0.25, -0.2) is 4.79 Å². The zero-order chi connectivity index (χ0) is 13.5. The summed E-state index contributed by atoms with van der Waals surface area (Å²) in [7, 11) is 0. The van der Waals surface area contributed by atoms with Crippen LogP contribution in [0.25, 0.3) is 0 Å². The smallest absolute Gasteiger partial charge is 0.331 e. The van der Waals surface area contributed by atoms with Crippen molar-refractivity contribution < 1.29 is 15.0 Å². The number of rotatable bonds is 1. The van der Waals surface area contributed by atoms with Crippen molar-refractivity contribution >= 4 is 5.97 Å². The van der Waals surface area contributed by atoms with Crippen molar-refractivity contribution in [2.24, 2.45) is 17.3 Å². The SMILES string of the molecule is C=C1CC/C=C(/C(=O)O)C[C@H](O)[C@@H]2[C@@H]1CC2(C)C. The van der Waals surface area contributed by atoms with Crippen LogP contribution >= 0.6 is 0 Å². The maximum absolute atomic E-state index is 11.1. The van der Waals surface area contributed by atoms with Gasteiger partial charge in [0.05, 0.1) is 6.10 Å². The molecule has 0 saturated heterocycles. The van der Waals surface area contributed by atoms with Crippen molar-refractivity contribution in [2.45, 2.75) is 45.6 Å². The van der Waals surface area contributed by atoms with Gasteiger partial charge < -0.3 is 10.2 Å². The Morgan fingerprint density at radius 3 is 2.72 bits per heavy atom. The molecule has 0 spiro atoms. The summed E-state index contributed by atoms with van der Waals surface area (Å²) in [6, 6.07) is 0. The number of carbonyl (C=O) groups is 1. The van der Waals surface area contributed by atoms with Gasteiger partial charge in [-0.2, -0.15) is 0 Å². The normalized spacial score (nSPS) is 38.3. The van der Waals surface area contributed by atoms with E-state index in [1.165, 1.54) is 5.57 Å². The molecule has 2 N–H and O–H groups in total. The molecule has 1 saturated carbocycles. The van der Waals surface area contributed by atoms with Gasteiger partial charge in [-0.3, -0.25) is 0 Å². The van der Waals surface area contributed by atoms with Crippen LogP contribution in [0.2, 0.25) is 0 Å². The minimum Gasteiger partial charge on any atom is -0.478 e. The molecule has 0 aliphatic heterocycles. The van der Waals surface area contributed by atoms with Crippen LogP contribution in [0.3, 0.4) is 0 Å². The van der Waals surface area contributed by atoms with Crippen LogP contribution in [0.4, 0.5) is 0 Å². The van der Waals surface area contributed by atoms with Crippen LogP contribution in [0, 0.1) is 17.3 Å². The van der Waals surface area contributed by atoms with E-state index < -0.39 is 12.1 Å². The van der Waals surface area contributed by atoms with Crippen molar-refractivity contribution in [1.29, 1.82) is 0 Å². The van der Waals surface area contributed by atoms with Crippen LogP contribution in [-0.2, 0) is 4.79 Å². The third kappa shape index (κ3) is 2.24. The molecule has 1 fully saturated rings. The van der Waals surface area contributed by atoms with Gasteiger partial charge in [0.15, 0.2) is 0 Å². The number of fused-ring (bicyclic) bond motifs is 1. The summed E-state index contributed by atoms with van der Waals surface area (Å²) >= 11 is 0. The number of carboxylic acid groups (broad SMARTS) is 1. The molecule has 18 heavy (non-hydrogen) atoms. The molecule has 2 rings (SSSR count). The molecule has 0 aromatic heterocycles. The predicted octanol–water partition coefficient (Wildman–Crippen LogP) is 2.76. The molecule has 3 heteroatoms. The zero-order valence-electron chi connectivity index (χ0n) is 11.1. The molecular formula is C15H22O3. The highest BCUT2D eigenvalue weighted by molar-refractivity contribution is 5.86. The van der Waals surface area contributed by atoms with E-state index in [0.717, 1.165) is 19.3 Å². The molecule has 2 aliphatic carbocycles. The first-order valence-corrected chi connectivity index (χ1v) is 6.61. The number of allylic oxidation sites excluding steroid dienone is 2. The highest BCUT2D eigenvalue weighted by Gasteiger charge is 2.51. The monoisotopic (exact) mass is 250 g/mol. The fraction of sp³-hybridized carbons (Fsp3) is 0.667. The van der Waals surface area contributed by atoms with Crippen molar-refractivity contribution in [2.75, 3.05) is 0 Å². The minimum atomic E-state index is -0.907. The zero-order valence-corrected chi connectivity index (χ0v) is 11.1. The van der Waals surface area contributed by atoms with Crippen molar-refractivity contribution in [3.63, 3.8) is 0 Å². The molecule has 2 aliphatic rings. The number of hydrogen-bond donors (Lipinski definition) is 2. The average Bonchev–Trinajstić information content (AvgIpc) is 2.27. The van der Waals surface area contributed by atoms with E-state index in [9.17, 15) is 9.90 Å². The Morgan fingerprint density at radius 2 is 2.17 bits per heavy atom. The second kappa shape index (κ2) is 4.54.